The number of aliphatic imine (C=N–C) groups is 1. The van der Waals surface area contributed by atoms with Crippen LogP contribution in [-0.2, 0) is 0 Å². The predicted octanol–water partition coefficient (Wildman–Crippen LogP) is 0.533. The topological polar surface area (TPSA) is 15.6 Å². The van der Waals surface area contributed by atoms with Crippen molar-refractivity contribution in [3.63, 3.8) is 0 Å². The van der Waals surface area contributed by atoms with Crippen LogP contribution in [0.2, 0.25) is 0 Å². The Kier molecular flexibility index (Phi) is 3.50. The van der Waals surface area contributed by atoms with E-state index in [1.165, 1.54) is 5.49 Å². The summed E-state index contributed by atoms with van der Waals surface area (Å²) in [5, 5.41) is 0. The minimum atomic E-state index is 1.33. The SMILES string of the molecule is CN(C)C=NC=S. The van der Waals surface area contributed by atoms with Gasteiger partial charge in [0.25, 0.3) is 0 Å². The van der Waals surface area contributed by atoms with E-state index >= 15 is 0 Å². The second-order valence-electron chi connectivity index (χ2n) is 1.33. The molecule has 0 aromatic carbocycles. The molecule has 0 spiro atoms. The summed E-state index contributed by atoms with van der Waals surface area (Å²) in [6.07, 6.45) is 1.65. The second kappa shape index (κ2) is 3.74. The molecule has 40 valence electrons. The third-order valence-electron chi connectivity index (χ3n) is 0.358. The van der Waals surface area contributed by atoms with Crippen molar-refractivity contribution in [2.24, 2.45) is 4.99 Å². The molecule has 0 aromatic heterocycles. The average Bonchev–Trinajstić information content (AvgIpc) is 1.61. The van der Waals surface area contributed by atoms with E-state index in [0.29, 0.717) is 0 Å². The Morgan fingerprint density at radius 1 is 1.57 bits per heavy atom. The van der Waals surface area contributed by atoms with Crippen molar-refractivity contribution < 1.29 is 0 Å². The van der Waals surface area contributed by atoms with Gasteiger partial charge >= 0.3 is 0 Å². The maximum absolute atomic E-state index is 4.42. The fraction of sp³-hybridized carbons (Fsp3) is 0.500. The van der Waals surface area contributed by atoms with E-state index in [2.05, 4.69) is 17.2 Å². The van der Waals surface area contributed by atoms with Crippen LogP contribution in [0.1, 0.15) is 0 Å². The van der Waals surface area contributed by atoms with E-state index in [4.69, 9.17) is 0 Å². The van der Waals surface area contributed by atoms with Crippen LogP contribution in [0.15, 0.2) is 4.99 Å². The van der Waals surface area contributed by atoms with Crippen LogP contribution in [0.4, 0.5) is 0 Å². The largest absolute Gasteiger partial charge is 0.369 e. The highest BCUT2D eigenvalue weighted by Gasteiger charge is 1.69. The summed E-state index contributed by atoms with van der Waals surface area (Å²) in [7, 11) is 3.78. The van der Waals surface area contributed by atoms with Gasteiger partial charge in [-0.2, -0.15) is 0 Å². The lowest BCUT2D eigenvalue weighted by Crippen LogP contribution is -2.07. The zero-order valence-corrected chi connectivity index (χ0v) is 5.27. The zero-order chi connectivity index (χ0) is 5.70. The van der Waals surface area contributed by atoms with E-state index in [9.17, 15) is 0 Å². The third kappa shape index (κ3) is 5.56. The number of hydrogen-bond acceptors (Lipinski definition) is 1. The van der Waals surface area contributed by atoms with Gasteiger partial charge in [0.1, 0.15) is 0 Å². The Labute approximate surface area is 48.8 Å². The van der Waals surface area contributed by atoms with Gasteiger partial charge in [-0.15, -0.1) is 0 Å². The third-order valence-corrected chi connectivity index (χ3v) is 0.480. The summed E-state index contributed by atoms with van der Waals surface area (Å²) in [6.45, 7) is 0. The van der Waals surface area contributed by atoms with E-state index in [1.54, 1.807) is 6.34 Å². The normalized spacial score (nSPS) is 9.43. The summed E-state index contributed by atoms with van der Waals surface area (Å²) >= 11 is 4.42. The fourth-order valence-corrected chi connectivity index (χ4v) is 0.215. The van der Waals surface area contributed by atoms with Gasteiger partial charge in [-0.1, -0.05) is 12.2 Å². The Bertz CT molecular complexity index is 77.8. The van der Waals surface area contributed by atoms with E-state index in [0.717, 1.165) is 0 Å². The zero-order valence-electron chi connectivity index (χ0n) is 4.46. The van der Waals surface area contributed by atoms with Gasteiger partial charge in [0, 0.05) is 14.1 Å². The molecule has 0 N–H and O–H groups in total. The predicted molar refractivity (Wildman–Crippen MR) is 35.8 cm³/mol. The molecule has 0 bridgehead atoms. The molecule has 7 heavy (non-hydrogen) atoms. The van der Waals surface area contributed by atoms with Crippen molar-refractivity contribution in [2.75, 3.05) is 14.1 Å². The molecular weight excluding hydrogens is 108 g/mol. The minimum absolute atomic E-state index is 1.33. The molecule has 0 atom stereocenters. The van der Waals surface area contributed by atoms with Crippen LogP contribution >= 0.6 is 12.2 Å². The molecule has 0 amide bonds. The van der Waals surface area contributed by atoms with E-state index < -0.39 is 0 Å². The molecule has 0 fully saturated rings. The van der Waals surface area contributed by atoms with Gasteiger partial charge < -0.3 is 4.90 Å². The first-order chi connectivity index (χ1) is 3.27. The number of nitrogens with zero attached hydrogens (tertiary/aromatic N) is 2. The Morgan fingerprint density at radius 3 is 2.29 bits per heavy atom. The molecule has 0 rings (SSSR count). The first-order valence-corrected chi connectivity index (χ1v) is 2.38. The lowest BCUT2D eigenvalue weighted by atomic mass is 10.9. The van der Waals surface area contributed by atoms with E-state index in [-0.39, 0.29) is 0 Å². The summed E-state index contributed by atoms with van der Waals surface area (Å²) in [4.78, 5) is 5.48. The molecule has 3 heteroatoms. The van der Waals surface area contributed by atoms with Crippen molar-refractivity contribution in [1.82, 2.24) is 4.90 Å². The van der Waals surface area contributed by atoms with Crippen LogP contribution in [0.25, 0.3) is 0 Å². The molecule has 0 saturated carbocycles. The highest BCUT2D eigenvalue weighted by molar-refractivity contribution is 7.78. The maximum Gasteiger partial charge on any atom is 0.0915 e. The smallest absolute Gasteiger partial charge is 0.0915 e. The number of rotatable bonds is 2. The standard InChI is InChI=1S/C4H8N2S/c1-6(2)3-5-4-7/h3-4H,1-2H3. The molecule has 0 saturated heterocycles. The van der Waals surface area contributed by atoms with Gasteiger partial charge in [0.2, 0.25) is 0 Å². The van der Waals surface area contributed by atoms with Crippen molar-refractivity contribution in [1.29, 1.82) is 0 Å². The molecule has 0 radical (unpaired) electrons. The molecule has 0 aliphatic rings. The Hall–Kier alpha value is -0.440. The number of thiocarbonyl (C=S) groups is 1. The van der Waals surface area contributed by atoms with E-state index in [1.807, 2.05) is 19.0 Å². The second-order valence-corrected chi connectivity index (χ2v) is 1.54. The Morgan fingerprint density at radius 2 is 2.14 bits per heavy atom. The molecule has 0 aromatic rings. The number of hydrogen-bond donors (Lipinski definition) is 0. The average molecular weight is 116 g/mol. The quantitative estimate of drug-likeness (QED) is 0.297. The summed E-state index contributed by atoms with van der Waals surface area (Å²) < 4.78 is 0. The lowest BCUT2D eigenvalue weighted by Gasteiger charge is -1.98. The van der Waals surface area contributed by atoms with Crippen molar-refractivity contribution in [3.05, 3.63) is 0 Å². The van der Waals surface area contributed by atoms with Crippen molar-refractivity contribution in [2.45, 2.75) is 0 Å². The highest BCUT2D eigenvalue weighted by Crippen LogP contribution is 1.62. The van der Waals surface area contributed by atoms with Gasteiger partial charge in [0.05, 0.1) is 11.8 Å². The highest BCUT2D eigenvalue weighted by atomic mass is 32.1. The van der Waals surface area contributed by atoms with Crippen molar-refractivity contribution in [3.8, 4) is 0 Å². The molecule has 0 unspecified atom stereocenters. The van der Waals surface area contributed by atoms with Gasteiger partial charge in [0.15, 0.2) is 0 Å². The molecule has 0 heterocycles. The summed E-state index contributed by atoms with van der Waals surface area (Å²) in [5.74, 6) is 0. The van der Waals surface area contributed by atoms with Gasteiger partial charge in [-0.05, 0) is 0 Å². The van der Waals surface area contributed by atoms with Crippen molar-refractivity contribution >= 4 is 24.0 Å². The van der Waals surface area contributed by atoms with Crippen LogP contribution < -0.4 is 0 Å². The van der Waals surface area contributed by atoms with Crippen LogP contribution in [0, 0.1) is 0 Å². The van der Waals surface area contributed by atoms with Gasteiger partial charge in [-0.25, -0.2) is 4.99 Å². The lowest BCUT2D eigenvalue weighted by molar-refractivity contribution is 0.644. The van der Waals surface area contributed by atoms with Crippen LogP contribution in [0.5, 0.6) is 0 Å². The summed E-state index contributed by atoms with van der Waals surface area (Å²) in [5.41, 5.74) is 1.33. The molecule has 0 aliphatic heterocycles. The first kappa shape index (κ1) is 6.56. The van der Waals surface area contributed by atoms with Crippen LogP contribution in [-0.4, -0.2) is 30.8 Å². The first-order valence-electron chi connectivity index (χ1n) is 1.90. The maximum atomic E-state index is 4.42. The van der Waals surface area contributed by atoms with Crippen LogP contribution in [0.3, 0.4) is 0 Å². The monoisotopic (exact) mass is 116 g/mol. The molecule has 0 aliphatic carbocycles. The fourth-order valence-electron chi connectivity index (χ4n) is 0.161. The van der Waals surface area contributed by atoms with Gasteiger partial charge in [-0.3, -0.25) is 0 Å². The molecular formula is C4H8N2S. The Balaban J connectivity index is 3.25. The molecule has 2 nitrogen and oxygen atoms in total. The minimum Gasteiger partial charge on any atom is -0.369 e. The summed E-state index contributed by atoms with van der Waals surface area (Å²) in [6, 6.07) is 0.